The fourth-order valence-corrected chi connectivity index (χ4v) is 3.26. The van der Waals surface area contributed by atoms with E-state index < -0.39 is 0 Å². The molecule has 4 heteroatoms. The summed E-state index contributed by atoms with van der Waals surface area (Å²) < 4.78 is 12.8. The summed E-state index contributed by atoms with van der Waals surface area (Å²) in [7, 11) is 0. The number of thioether (sulfide) groups is 1. The summed E-state index contributed by atoms with van der Waals surface area (Å²) in [5, 5.41) is 3.13. The first-order valence-corrected chi connectivity index (χ1v) is 8.40. The monoisotopic (exact) mass is 295 g/mol. The molecular formula is C16H22FNOS. The summed E-state index contributed by atoms with van der Waals surface area (Å²) in [6, 6.07) is 6.62. The molecule has 0 spiro atoms. The lowest BCUT2D eigenvalue weighted by Gasteiger charge is -2.20. The fraction of sp³-hybridized carbons (Fsp3) is 0.562. The molecule has 0 aromatic heterocycles. The number of carbonyl (C=O) groups excluding carboxylic acids is 1. The minimum Gasteiger partial charge on any atom is -0.353 e. The quantitative estimate of drug-likeness (QED) is 0.846. The highest BCUT2D eigenvalue weighted by atomic mass is 32.2. The molecule has 1 aliphatic rings. The van der Waals surface area contributed by atoms with E-state index in [4.69, 9.17) is 0 Å². The minimum absolute atomic E-state index is 0.0879. The summed E-state index contributed by atoms with van der Waals surface area (Å²) >= 11 is 1.46. The van der Waals surface area contributed by atoms with Crippen molar-refractivity contribution in [2.24, 2.45) is 0 Å². The van der Waals surface area contributed by atoms with E-state index in [1.165, 1.54) is 56.0 Å². The van der Waals surface area contributed by atoms with E-state index in [2.05, 4.69) is 5.32 Å². The van der Waals surface area contributed by atoms with Gasteiger partial charge in [0.25, 0.3) is 0 Å². The molecular weight excluding hydrogens is 273 g/mol. The Balaban J connectivity index is 1.72. The zero-order valence-corrected chi connectivity index (χ0v) is 12.6. The molecule has 0 radical (unpaired) electrons. The topological polar surface area (TPSA) is 29.1 Å². The Labute approximate surface area is 124 Å². The predicted octanol–water partition coefficient (Wildman–Crippen LogP) is 4.15. The van der Waals surface area contributed by atoms with Crippen LogP contribution in [0.15, 0.2) is 29.2 Å². The maximum Gasteiger partial charge on any atom is 0.230 e. The molecule has 0 bridgehead atoms. The number of carbonyl (C=O) groups is 1. The van der Waals surface area contributed by atoms with E-state index >= 15 is 0 Å². The molecule has 1 aromatic carbocycles. The summed E-state index contributed by atoms with van der Waals surface area (Å²) in [5.74, 6) is 0.250. The van der Waals surface area contributed by atoms with Gasteiger partial charge in [0.2, 0.25) is 5.91 Å². The van der Waals surface area contributed by atoms with Crippen molar-refractivity contribution < 1.29 is 9.18 Å². The largest absolute Gasteiger partial charge is 0.353 e. The zero-order chi connectivity index (χ0) is 14.2. The number of hydrogen-bond acceptors (Lipinski definition) is 2. The number of benzene rings is 1. The Morgan fingerprint density at radius 3 is 2.35 bits per heavy atom. The molecule has 0 atom stereocenters. The number of halogens is 1. The Morgan fingerprint density at radius 2 is 1.70 bits per heavy atom. The van der Waals surface area contributed by atoms with Crippen molar-refractivity contribution in [1.82, 2.24) is 5.32 Å². The summed E-state index contributed by atoms with van der Waals surface area (Å²) in [6.07, 6.45) is 8.56. The van der Waals surface area contributed by atoms with Gasteiger partial charge in [-0.15, -0.1) is 11.8 Å². The molecule has 2 nitrogen and oxygen atoms in total. The Kier molecular flexibility index (Phi) is 6.37. The predicted molar refractivity (Wildman–Crippen MR) is 81.4 cm³/mol. The lowest BCUT2D eigenvalue weighted by Crippen LogP contribution is -2.36. The van der Waals surface area contributed by atoms with Crippen LogP contribution in [0.25, 0.3) is 0 Å². The number of amides is 1. The van der Waals surface area contributed by atoms with Crippen molar-refractivity contribution in [1.29, 1.82) is 0 Å². The van der Waals surface area contributed by atoms with E-state index in [0.29, 0.717) is 11.8 Å². The summed E-state index contributed by atoms with van der Waals surface area (Å²) in [4.78, 5) is 12.9. The molecule has 2 rings (SSSR count). The van der Waals surface area contributed by atoms with Crippen molar-refractivity contribution in [2.45, 2.75) is 55.9 Å². The number of hydrogen-bond donors (Lipinski definition) is 1. The molecule has 1 aromatic rings. The molecule has 110 valence electrons. The average molecular weight is 295 g/mol. The second kappa shape index (κ2) is 8.30. The van der Waals surface area contributed by atoms with Crippen LogP contribution in [0.2, 0.25) is 0 Å². The van der Waals surface area contributed by atoms with Gasteiger partial charge in [-0.3, -0.25) is 4.79 Å². The van der Waals surface area contributed by atoms with Crippen LogP contribution in [-0.4, -0.2) is 17.7 Å². The first kappa shape index (κ1) is 15.4. The van der Waals surface area contributed by atoms with Gasteiger partial charge in [-0.1, -0.05) is 32.1 Å². The second-order valence-corrected chi connectivity index (χ2v) is 6.40. The van der Waals surface area contributed by atoms with Gasteiger partial charge in [0.15, 0.2) is 0 Å². The first-order chi connectivity index (χ1) is 9.74. The number of rotatable bonds is 4. The third-order valence-corrected chi connectivity index (χ3v) is 4.67. The van der Waals surface area contributed by atoms with Gasteiger partial charge in [0, 0.05) is 10.9 Å². The third-order valence-electron chi connectivity index (χ3n) is 3.65. The molecule has 0 unspecified atom stereocenters. The Morgan fingerprint density at radius 1 is 1.10 bits per heavy atom. The van der Waals surface area contributed by atoms with Gasteiger partial charge < -0.3 is 5.32 Å². The third kappa shape index (κ3) is 5.53. The standard InChI is InChI=1S/C16H22FNOS/c17-13-8-10-15(11-9-13)20-12-16(19)18-14-6-4-2-1-3-5-7-14/h8-11,14H,1-7,12H2,(H,18,19). The average Bonchev–Trinajstić information content (AvgIpc) is 2.41. The van der Waals surface area contributed by atoms with Gasteiger partial charge in [0.1, 0.15) is 5.82 Å². The molecule has 0 saturated heterocycles. The molecule has 1 saturated carbocycles. The van der Waals surface area contributed by atoms with E-state index in [1.54, 1.807) is 12.1 Å². The highest BCUT2D eigenvalue weighted by Crippen LogP contribution is 2.19. The summed E-state index contributed by atoms with van der Waals surface area (Å²) in [6.45, 7) is 0. The fourth-order valence-electron chi connectivity index (χ4n) is 2.55. The highest BCUT2D eigenvalue weighted by molar-refractivity contribution is 8.00. The van der Waals surface area contributed by atoms with Crippen molar-refractivity contribution >= 4 is 17.7 Å². The number of nitrogens with one attached hydrogen (secondary N) is 1. The van der Waals surface area contributed by atoms with E-state index in [1.807, 2.05) is 0 Å². The molecule has 1 amide bonds. The van der Waals surface area contributed by atoms with Crippen molar-refractivity contribution in [3.8, 4) is 0 Å². The first-order valence-electron chi connectivity index (χ1n) is 7.42. The van der Waals surface area contributed by atoms with E-state index in [0.717, 1.165) is 17.7 Å². The van der Waals surface area contributed by atoms with Gasteiger partial charge in [0.05, 0.1) is 5.75 Å². The van der Waals surface area contributed by atoms with Gasteiger partial charge in [-0.25, -0.2) is 4.39 Å². The second-order valence-electron chi connectivity index (χ2n) is 5.35. The van der Waals surface area contributed by atoms with Crippen molar-refractivity contribution in [3.05, 3.63) is 30.1 Å². The normalized spacial score (nSPS) is 17.2. The van der Waals surface area contributed by atoms with Crippen molar-refractivity contribution in [2.75, 3.05) is 5.75 Å². The van der Waals surface area contributed by atoms with Crippen molar-refractivity contribution in [3.63, 3.8) is 0 Å². The maximum atomic E-state index is 12.8. The molecule has 1 N–H and O–H groups in total. The van der Waals surface area contributed by atoms with Crippen LogP contribution in [0.5, 0.6) is 0 Å². The van der Waals surface area contributed by atoms with E-state index in [9.17, 15) is 9.18 Å². The molecule has 20 heavy (non-hydrogen) atoms. The van der Waals surface area contributed by atoms with Crippen LogP contribution in [-0.2, 0) is 4.79 Å². The Hall–Kier alpha value is -1.03. The Bertz CT molecular complexity index is 413. The van der Waals surface area contributed by atoms with Crippen LogP contribution in [0.1, 0.15) is 44.9 Å². The minimum atomic E-state index is -0.242. The van der Waals surface area contributed by atoms with Gasteiger partial charge in [-0.05, 0) is 37.1 Å². The smallest absolute Gasteiger partial charge is 0.230 e. The van der Waals surface area contributed by atoms with E-state index in [-0.39, 0.29) is 11.7 Å². The molecule has 1 aliphatic carbocycles. The zero-order valence-electron chi connectivity index (χ0n) is 11.7. The SMILES string of the molecule is O=C(CSc1ccc(F)cc1)NC1CCCCCCC1. The van der Waals surface area contributed by atoms with Gasteiger partial charge in [-0.2, -0.15) is 0 Å². The molecule has 0 heterocycles. The van der Waals surface area contributed by atoms with Crippen LogP contribution in [0.3, 0.4) is 0 Å². The van der Waals surface area contributed by atoms with Gasteiger partial charge >= 0.3 is 0 Å². The van der Waals surface area contributed by atoms with Crippen LogP contribution >= 0.6 is 11.8 Å². The maximum absolute atomic E-state index is 12.8. The highest BCUT2D eigenvalue weighted by Gasteiger charge is 2.13. The van der Waals surface area contributed by atoms with Crippen LogP contribution in [0.4, 0.5) is 4.39 Å². The van der Waals surface area contributed by atoms with Crippen LogP contribution in [0, 0.1) is 5.82 Å². The molecule has 0 aliphatic heterocycles. The van der Waals surface area contributed by atoms with Crippen LogP contribution < -0.4 is 5.32 Å². The lowest BCUT2D eigenvalue weighted by molar-refractivity contribution is -0.119. The summed E-state index contributed by atoms with van der Waals surface area (Å²) in [5.41, 5.74) is 0. The lowest BCUT2D eigenvalue weighted by atomic mass is 9.97. The molecule has 1 fully saturated rings.